The Labute approximate surface area is 186 Å². The second-order valence-electron chi connectivity index (χ2n) is 8.42. The van der Waals surface area contributed by atoms with Gasteiger partial charge in [0.05, 0.1) is 13.2 Å². The highest BCUT2D eigenvalue weighted by Gasteiger charge is 2.18. The lowest BCUT2D eigenvalue weighted by Gasteiger charge is -2.29. The fourth-order valence-corrected chi connectivity index (χ4v) is 4.14. The van der Waals surface area contributed by atoms with E-state index in [9.17, 15) is 0 Å². The molecule has 2 aromatic carbocycles. The van der Waals surface area contributed by atoms with Crippen molar-refractivity contribution in [1.82, 2.24) is 0 Å². The quantitative estimate of drug-likeness (QED) is 0.518. The second-order valence-corrected chi connectivity index (χ2v) is 8.42. The summed E-state index contributed by atoms with van der Waals surface area (Å²) in [7, 11) is 0. The highest BCUT2D eigenvalue weighted by molar-refractivity contribution is 6.04. The first-order valence-electron chi connectivity index (χ1n) is 11.2. The number of aliphatic imine (C=N–C) groups is 1. The molecule has 31 heavy (non-hydrogen) atoms. The number of rotatable bonds is 6. The minimum Gasteiger partial charge on any atom is -0.378 e. The number of allylic oxidation sites excluding steroid dienone is 5. The zero-order valence-electron chi connectivity index (χ0n) is 18.8. The molecule has 2 aliphatic rings. The average molecular weight is 413 g/mol. The summed E-state index contributed by atoms with van der Waals surface area (Å²) >= 11 is 0. The third kappa shape index (κ3) is 5.23. The molecule has 1 atom stereocenters. The number of anilines is 1. The summed E-state index contributed by atoms with van der Waals surface area (Å²) in [5, 5.41) is 0. The van der Waals surface area contributed by atoms with Crippen LogP contribution in [0.4, 0.5) is 5.69 Å². The van der Waals surface area contributed by atoms with Gasteiger partial charge in [0, 0.05) is 43.0 Å². The number of benzene rings is 2. The van der Waals surface area contributed by atoms with Crippen molar-refractivity contribution >= 4 is 17.0 Å². The van der Waals surface area contributed by atoms with Crippen LogP contribution in [-0.4, -0.2) is 32.0 Å². The Balaban J connectivity index is 1.57. The molecule has 3 heteroatoms. The van der Waals surface area contributed by atoms with E-state index in [0.717, 1.165) is 38.4 Å². The summed E-state index contributed by atoms with van der Waals surface area (Å²) < 4.78 is 5.48. The van der Waals surface area contributed by atoms with Gasteiger partial charge in [0.15, 0.2) is 0 Å². The van der Waals surface area contributed by atoms with Gasteiger partial charge >= 0.3 is 0 Å². The number of morpholine rings is 1. The van der Waals surface area contributed by atoms with Gasteiger partial charge in [-0.25, -0.2) is 0 Å². The molecule has 160 valence electrons. The molecule has 3 nitrogen and oxygen atoms in total. The summed E-state index contributed by atoms with van der Waals surface area (Å²) in [5.41, 5.74) is 8.86. The lowest BCUT2D eigenvalue weighted by atomic mass is 9.88. The monoisotopic (exact) mass is 412 g/mol. The fourth-order valence-electron chi connectivity index (χ4n) is 4.14. The predicted molar refractivity (Wildman–Crippen MR) is 132 cm³/mol. The first kappa shape index (κ1) is 21.3. The molecule has 2 aromatic rings. The van der Waals surface area contributed by atoms with Crippen molar-refractivity contribution in [2.24, 2.45) is 4.99 Å². The van der Waals surface area contributed by atoms with Crippen LogP contribution in [0, 0.1) is 6.92 Å². The van der Waals surface area contributed by atoms with Crippen LogP contribution in [0.15, 0.2) is 83.5 Å². The van der Waals surface area contributed by atoms with Crippen LogP contribution in [0.25, 0.3) is 5.57 Å². The van der Waals surface area contributed by atoms with E-state index in [2.05, 4.69) is 97.4 Å². The lowest BCUT2D eigenvalue weighted by molar-refractivity contribution is 0.122. The predicted octanol–water partition coefficient (Wildman–Crippen LogP) is 6.32. The van der Waals surface area contributed by atoms with Crippen molar-refractivity contribution in [2.45, 2.75) is 33.1 Å². The minimum atomic E-state index is 0.277. The van der Waals surface area contributed by atoms with Crippen molar-refractivity contribution in [3.8, 4) is 0 Å². The summed E-state index contributed by atoms with van der Waals surface area (Å²) in [5.74, 6) is 0.277. The normalized spacial score (nSPS) is 18.3. The SMILES string of the molecule is C/C(=C\C=C(/C1=NC=CC1)C(C)c1ccc(N2CCOCC2)cc1)c1ccc(C)cc1. The minimum absolute atomic E-state index is 0.277. The zero-order valence-corrected chi connectivity index (χ0v) is 18.8. The van der Waals surface area contributed by atoms with E-state index in [-0.39, 0.29) is 5.92 Å². The van der Waals surface area contributed by atoms with E-state index in [0.29, 0.717) is 0 Å². The van der Waals surface area contributed by atoms with Gasteiger partial charge in [-0.1, -0.05) is 67.1 Å². The van der Waals surface area contributed by atoms with Gasteiger partial charge in [-0.3, -0.25) is 4.99 Å². The van der Waals surface area contributed by atoms with Gasteiger partial charge in [-0.2, -0.15) is 0 Å². The Kier molecular flexibility index (Phi) is 6.83. The Morgan fingerprint density at radius 2 is 1.71 bits per heavy atom. The van der Waals surface area contributed by atoms with Gasteiger partial charge in [0.2, 0.25) is 0 Å². The first-order valence-corrected chi connectivity index (χ1v) is 11.2. The lowest BCUT2D eigenvalue weighted by Crippen LogP contribution is -2.36. The fraction of sp³-hybridized carbons (Fsp3) is 0.321. The van der Waals surface area contributed by atoms with Gasteiger partial charge in [0.25, 0.3) is 0 Å². The molecule has 1 saturated heterocycles. The van der Waals surface area contributed by atoms with Crippen LogP contribution >= 0.6 is 0 Å². The van der Waals surface area contributed by atoms with Crippen molar-refractivity contribution in [2.75, 3.05) is 31.2 Å². The van der Waals surface area contributed by atoms with Gasteiger partial charge < -0.3 is 9.64 Å². The van der Waals surface area contributed by atoms with Gasteiger partial charge in [-0.15, -0.1) is 0 Å². The molecule has 0 N–H and O–H groups in total. The molecule has 1 unspecified atom stereocenters. The smallest absolute Gasteiger partial charge is 0.0642 e. The molecule has 2 aliphatic heterocycles. The summed E-state index contributed by atoms with van der Waals surface area (Å²) in [6, 6.07) is 17.7. The van der Waals surface area contributed by atoms with Crippen LogP contribution in [-0.2, 0) is 4.74 Å². The van der Waals surface area contributed by atoms with Crippen molar-refractivity contribution in [3.05, 3.63) is 95.2 Å². The molecule has 0 amide bonds. The van der Waals surface area contributed by atoms with Crippen LogP contribution in [0.5, 0.6) is 0 Å². The standard InChI is InChI=1S/C28H32N2O/c1-21-6-9-24(10-7-21)22(2)8-15-27(28-5-4-16-29-28)23(3)25-11-13-26(14-12-25)30-17-19-31-20-18-30/h4,6-16,23H,5,17-20H2,1-3H3/b22-8+,27-15-. The number of nitrogens with zero attached hydrogens (tertiary/aromatic N) is 2. The molecule has 0 radical (unpaired) electrons. The highest BCUT2D eigenvalue weighted by atomic mass is 16.5. The Morgan fingerprint density at radius 1 is 1.00 bits per heavy atom. The van der Waals surface area contributed by atoms with E-state index in [1.807, 2.05) is 6.20 Å². The van der Waals surface area contributed by atoms with Crippen LogP contribution in [0.2, 0.25) is 0 Å². The van der Waals surface area contributed by atoms with E-state index in [1.54, 1.807) is 0 Å². The maximum atomic E-state index is 5.48. The molecule has 0 saturated carbocycles. The Hall–Kier alpha value is -2.91. The number of hydrogen-bond donors (Lipinski definition) is 0. The van der Waals surface area contributed by atoms with Crippen LogP contribution in [0.1, 0.15) is 42.9 Å². The van der Waals surface area contributed by atoms with E-state index in [4.69, 9.17) is 4.74 Å². The van der Waals surface area contributed by atoms with Crippen LogP contribution < -0.4 is 4.90 Å². The van der Waals surface area contributed by atoms with Crippen molar-refractivity contribution < 1.29 is 4.74 Å². The third-order valence-corrected chi connectivity index (χ3v) is 6.24. The summed E-state index contributed by atoms with van der Waals surface area (Å²) in [4.78, 5) is 7.05. The zero-order chi connectivity index (χ0) is 21.6. The Bertz CT molecular complexity index is 1000. The largest absolute Gasteiger partial charge is 0.378 e. The highest BCUT2D eigenvalue weighted by Crippen LogP contribution is 2.30. The number of aryl methyl sites for hydroxylation is 1. The average Bonchev–Trinajstić information content (AvgIpc) is 3.35. The molecule has 1 fully saturated rings. The molecule has 0 spiro atoms. The maximum Gasteiger partial charge on any atom is 0.0642 e. The Morgan fingerprint density at radius 3 is 2.35 bits per heavy atom. The summed E-state index contributed by atoms with van der Waals surface area (Å²) in [6.45, 7) is 10.1. The number of ether oxygens (including phenoxy) is 1. The van der Waals surface area contributed by atoms with E-state index in [1.165, 1.54) is 33.5 Å². The number of hydrogen-bond acceptors (Lipinski definition) is 3. The van der Waals surface area contributed by atoms with Crippen LogP contribution in [0.3, 0.4) is 0 Å². The molecular weight excluding hydrogens is 380 g/mol. The van der Waals surface area contributed by atoms with Crippen molar-refractivity contribution in [1.29, 1.82) is 0 Å². The molecular formula is C28H32N2O. The van der Waals surface area contributed by atoms with Gasteiger partial charge in [0.1, 0.15) is 0 Å². The topological polar surface area (TPSA) is 24.8 Å². The van der Waals surface area contributed by atoms with E-state index >= 15 is 0 Å². The third-order valence-electron chi connectivity index (χ3n) is 6.24. The summed E-state index contributed by atoms with van der Waals surface area (Å²) in [6.07, 6.45) is 9.46. The van der Waals surface area contributed by atoms with Gasteiger partial charge in [-0.05, 0) is 48.3 Å². The first-order chi connectivity index (χ1) is 15.1. The molecule has 2 heterocycles. The van der Waals surface area contributed by atoms with Crippen molar-refractivity contribution in [3.63, 3.8) is 0 Å². The second kappa shape index (κ2) is 9.93. The van der Waals surface area contributed by atoms with E-state index < -0.39 is 0 Å². The molecule has 0 aromatic heterocycles. The molecule has 0 bridgehead atoms. The molecule has 0 aliphatic carbocycles. The molecule has 4 rings (SSSR count). The maximum absolute atomic E-state index is 5.48.